The van der Waals surface area contributed by atoms with Gasteiger partial charge in [-0.25, -0.2) is 4.79 Å². The molecular weight excluding hydrogens is 216 g/mol. The van der Waals surface area contributed by atoms with Crippen LogP contribution >= 0.6 is 0 Å². The van der Waals surface area contributed by atoms with Crippen molar-refractivity contribution in [3.63, 3.8) is 0 Å². The molecule has 0 heterocycles. The maximum Gasteiger partial charge on any atom is 0.511 e. The number of aldehydes is 2. The van der Waals surface area contributed by atoms with Crippen LogP contribution in [0.2, 0.25) is 0 Å². The number of carboxylic acid groups (broad SMARTS) is 1. The van der Waals surface area contributed by atoms with E-state index < -0.39 is 6.16 Å². The first-order chi connectivity index (χ1) is 7.63. The average molecular weight is 224 g/mol. The van der Waals surface area contributed by atoms with Crippen molar-refractivity contribution in [1.82, 2.24) is 0 Å². The molecule has 6 nitrogen and oxygen atoms in total. The highest BCUT2D eigenvalue weighted by atomic mass is 16.7. The Hall–Kier alpha value is -2.37. The summed E-state index contributed by atoms with van der Waals surface area (Å²) in [6.07, 6.45) is -0.827. The van der Waals surface area contributed by atoms with Crippen LogP contribution in [0.25, 0.3) is 0 Å². The van der Waals surface area contributed by atoms with E-state index in [1.54, 1.807) is 0 Å². The summed E-state index contributed by atoms with van der Waals surface area (Å²) in [5.74, 6) is -0.218. The summed E-state index contributed by atoms with van der Waals surface area (Å²) >= 11 is 0. The van der Waals surface area contributed by atoms with Crippen molar-refractivity contribution in [1.29, 1.82) is 0 Å². The highest BCUT2D eigenvalue weighted by Crippen LogP contribution is 2.32. The van der Waals surface area contributed by atoms with Gasteiger partial charge in [0.2, 0.25) is 0 Å². The van der Waals surface area contributed by atoms with Crippen LogP contribution in [-0.2, 0) is 0 Å². The van der Waals surface area contributed by atoms with Gasteiger partial charge in [0, 0.05) is 5.56 Å². The van der Waals surface area contributed by atoms with Gasteiger partial charge in [-0.1, -0.05) is 0 Å². The summed E-state index contributed by atoms with van der Waals surface area (Å²) in [7, 11) is 1.29. The highest BCUT2D eigenvalue weighted by Gasteiger charge is 2.17. The summed E-state index contributed by atoms with van der Waals surface area (Å²) in [5.41, 5.74) is -0.121. The number of rotatable bonds is 4. The van der Waals surface area contributed by atoms with Gasteiger partial charge in [0.05, 0.1) is 12.7 Å². The molecule has 0 aliphatic rings. The first kappa shape index (κ1) is 11.7. The standard InChI is InChI=1S/C10H8O6/c1-15-8-3-2-6(4-11)7(5-12)9(8)16-10(13)14/h2-5H,1H3,(H,13,14). The van der Waals surface area contributed by atoms with E-state index in [0.29, 0.717) is 12.6 Å². The second-order valence-corrected chi connectivity index (χ2v) is 2.70. The molecule has 0 saturated heterocycles. The quantitative estimate of drug-likeness (QED) is 0.472. The van der Waals surface area contributed by atoms with Crippen molar-refractivity contribution < 1.29 is 29.0 Å². The third kappa shape index (κ3) is 2.17. The Morgan fingerprint density at radius 1 is 1.31 bits per heavy atom. The van der Waals surface area contributed by atoms with Gasteiger partial charge in [-0.15, -0.1) is 0 Å². The largest absolute Gasteiger partial charge is 0.511 e. The Bertz CT molecular complexity index is 437. The van der Waals surface area contributed by atoms with Crippen molar-refractivity contribution in [3.8, 4) is 11.5 Å². The van der Waals surface area contributed by atoms with Crippen LogP contribution in [0.15, 0.2) is 12.1 Å². The van der Waals surface area contributed by atoms with Crippen LogP contribution in [0, 0.1) is 0 Å². The first-order valence-electron chi connectivity index (χ1n) is 4.16. The van der Waals surface area contributed by atoms with E-state index in [0.717, 1.165) is 0 Å². The molecule has 0 aromatic heterocycles. The number of carbonyl (C=O) groups excluding carboxylic acids is 2. The van der Waals surface area contributed by atoms with Crippen molar-refractivity contribution >= 4 is 18.7 Å². The second-order valence-electron chi connectivity index (χ2n) is 2.70. The minimum Gasteiger partial charge on any atom is -0.493 e. The summed E-state index contributed by atoms with van der Waals surface area (Å²) < 4.78 is 9.23. The van der Waals surface area contributed by atoms with Gasteiger partial charge in [0.15, 0.2) is 24.1 Å². The first-order valence-corrected chi connectivity index (χ1v) is 4.16. The molecule has 0 atom stereocenters. The molecule has 1 aromatic rings. The van der Waals surface area contributed by atoms with Crippen LogP contribution in [0.5, 0.6) is 11.5 Å². The lowest BCUT2D eigenvalue weighted by molar-refractivity contribution is 0.108. The van der Waals surface area contributed by atoms with Gasteiger partial charge >= 0.3 is 6.16 Å². The van der Waals surface area contributed by atoms with Crippen molar-refractivity contribution in [3.05, 3.63) is 23.3 Å². The van der Waals surface area contributed by atoms with E-state index in [1.807, 2.05) is 0 Å². The molecule has 0 spiro atoms. The molecule has 1 rings (SSSR count). The smallest absolute Gasteiger partial charge is 0.493 e. The summed E-state index contributed by atoms with van der Waals surface area (Å²) in [5, 5.41) is 8.49. The van der Waals surface area contributed by atoms with Crippen molar-refractivity contribution in [2.45, 2.75) is 0 Å². The Morgan fingerprint density at radius 3 is 2.44 bits per heavy atom. The zero-order chi connectivity index (χ0) is 12.1. The van der Waals surface area contributed by atoms with E-state index in [2.05, 4.69) is 4.74 Å². The van der Waals surface area contributed by atoms with Crippen molar-refractivity contribution in [2.24, 2.45) is 0 Å². The summed E-state index contributed by atoms with van der Waals surface area (Å²) in [6, 6.07) is 2.68. The summed E-state index contributed by atoms with van der Waals surface area (Å²) in [6.45, 7) is 0. The fraction of sp³-hybridized carbons (Fsp3) is 0.100. The van der Waals surface area contributed by atoms with E-state index in [1.165, 1.54) is 19.2 Å². The molecule has 0 aliphatic heterocycles. The lowest BCUT2D eigenvalue weighted by Gasteiger charge is -2.10. The molecular formula is C10H8O6. The number of methoxy groups -OCH3 is 1. The lowest BCUT2D eigenvalue weighted by Crippen LogP contribution is -2.08. The van der Waals surface area contributed by atoms with E-state index in [9.17, 15) is 14.4 Å². The predicted molar refractivity (Wildman–Crippen MR) is 52.4 cm³/mol. The van der Waals surface area contributed by atoms with E-state index in [4.69, 9.17) is 9.84 Å². The minimum atomic E-state index is -1.59. The molecule has 0 saturated carbocycles. The molecule has 0 radical (unpaired) electrons. The third-order valence-electron chi connectivity index (χ3n) is 1.85. The summed E-state index contributed by atoms with van der Waals surface area (Å²) in [4.78, 5) is 31.8. The Labute approximate surface area is 90.4 Å². The second kappa shape index (κ2) is 4.92. The van der Waals surface area contributed by atoms with Crippen LogP contribution in [0.4, 0.5) is 4.79 Å². The van der Waals surface area contributed by atoms with Crippen molar-refractivity contribution in [2.75, 3.05) is 7.11 Å². The van der Waals surface area contributed by atoms with Crippen LogP contribution in [0.3, 0.4) is 0 Å². The van der Waals surface area contributed by atoms with Gasteiger partial charge < -0.3 is 14.6 Å². The Balaban J connectivity index is 3.41. The number of carbonyl (C=O) groups is 3. The normalized spacial score (nSPS) is 9.31. The van der Waals surface area contributed by atoms with Gasteiger partial charge in [0.1, 0.15) is 0 Å². The lowest BCUT2D eigenvalue weighted by atomic mass is 10.1. The van der Waals surface area contributed by atoms with Crippen LogP contribution in [0.1, 0.15) is 20.7 Å². The number of hydrogen-bond acceptors (Lipinski definition) is 5. The molecule has 84 valence electrons. The molecule has 0 fully saturated rings. The van der Waals surface area contributed by atoms with Gasteiger partial charge in [-0.2, -0.15) is 0 Å². The van der Waals surface area contributed by atoms with Gasteiger partial charge in [-0.3, -0.25) is 9.59 Å². The predicted octanol–water partition coefficient (Wildman–Crippen LogP) is 1.38. The van der Waals surface area contributed by atoms with E-state index in [-0.39, 0.29) is 22.6 Å². The maximum atomic E-state index is 10.8. The Kier molecular flexibility index (Phi) is 3.60. The fourth-order valence-corrected chi connectivity index (χ4v) is 1.17. The highest BCUT2D eigenvalue weighted by molar-refractivity contribution is 5.94. The third-order valence-corrected chi connectivity index (χ3v) is 1.85. The number of benzene rings is 1. The zero-order valence-electron chi connectivity index (χ0n) is 8.30. The molecule has 0 unspecified atom stereocenters. The fourth-order valence-electron chi connectivity index (χ4n) is 1.17. The average Bonchev–Trinajstić information content (AvgIpc) is 2.27. The van der Waals surface area contributed by atoms with E-state index >= 15 is 0 Å². The monoisotopic (exact) mass is 224 g/mol. The number of ether oxygens (including phenoxy) is 2. The number of hydrogen-bond donors (Lipinski definition) is 1. The molecule has 1 N–H and O–H groups in total. The maximum absolute atomic E-state index is 10.8. The molecule has 0 aliphatic carbocycles. The topological polar surface area (TPSA) is 89.9 Å². The Morgan fingerprint density at radius 2 is 2.00 bits per heavy atom. The minimum absolute atomic E-state index is 0.0343. The van der Waals surface area contributed by atoms with Crippen LogP contribution in [-0.4, -0.2) is 30.9 Å². The van der Waals surface area contributed by atoms with Gasteiger partial charge in [-0.05, 0) is 12.1 Å². The molecule has 0 bridgehead atoms. The SMILES string of the molecule is COc1ccc(C=O)c(C=O)c1OC(=O)O. The molecule has 16 heavy (non-hydrogen) atoms. The van der Waals surface area contributed by atoms with Gasteiger partial charge in [0.25, 0.3) is 0 Å². The molecule has 0 amide bonds. The van der Waals surface area contributed by atoms with Crippen LogP contribution < -0.4 is 9.47 Å². The molecule has 6 heteroatoms. The zero-order valence-corrected chi connectivity index (χ0v) is 8.30. The molecule has 1 aromatic carbocycles.